The monoisotopic (exact) mass is 456 g/mol. The van der Waals surface area contributed by atoms with Gasteiger partial charge in [0.25, 0.3) is 0 Å². The molecular weight excluding hydrogens is 424 g/mol. The van der Waals surface area contributed by atoms with Crippen LogP contribution in [0.1, 0.15) is 71.0 Å². The highest BCUT2D eigenvalue weighted by atomic mass is 35.5. The summed E-state index contributed by atoms with van der Waals surface area (Å²) in [5.74, 6) is 1.69. The molecule has 0 spiro atoms. The number of nitrogens with zero attached hydrogens (tertiary/aromatic N) is 4. The van der Waals surface area contributed by atoms with Gasteiger partial charge in [-0.05, 0) is 63.6 Å². The second kappa shape index (κ2) is 9.11. The third-order valence-corrected chi connectivity index (χ3v) is 6.41. The fourth-order valence-corrected chi connectivity index (χ4v) is 4.44. The van der Waals surface area contributed by atoms with Gasteiger partial charge in [-0.3, -0.25) is 0 Å². The average molecular weight is 457 g/mol. The van der Waals surface area contributed by atoms with E-state index in [1.807, 2.05) is 6.07 Å². The predicted molar refractivity (Wildman–Crippen MR) is 132 cm³/mol. The van der Waals surface area contributed by atoms with Crippen LogP contribution in [0.3, 0.4) is 0 Å². The maximum Gasteiger partial charge on any atom is 0.205 e. The van der Waals surface area contributed by atoms with Crippen LogP contribution in [-0.2, 0) is 0 Å². The molecular formula is C23H33ClN8. The Morgan fingerprint density at radius 1 is 1.09 bits per heavy atom. The average Bonchev–Trinajstić information content (AvgIpc) is 3.17. The number of fused-ring (bicyclic) bond motifs is 1. The van der Waals surface area contributed by atoms with Gasteiger partial charge in [0.1, 0.15) is 0 Å². The molecule has 32 heavy (non-hydrogen) atoms. The molecule has 0 unspecified atom stereocenters. The maximum atomic E-state index is 6.12. The first kappa shape index (κ1) is 22.6. The molecule has 0 amide bonds. The van der Waals surface area contributed by atoms with E-state index in [0.717, 1.165) is 54.4 Å². The van der Waals surface area contributed by atoms with E-state index in [1.54, 1.807) is 12.1 Å². The number of aromatic nitrogens is 4. The van der Waals surface area contributed by atoms with Gasteiger partial charge in [-0.1, -0.05) is 25.4 Å². The van der Waals surface area contributed by atoms with E-state index >= 15 is 0 Å². The summed E-state index contributed by atoms with van der Waals surface area (Å²) in [7, 11) is 0. The van der Waals surface area contributed by atoms with E-state index in [2.05, 4.69) is 53.1 Å². The van der Waals surface area contributed by atoms with Gasteiger partial charge in [-0.25, -0.2) is 0 Å². The minimum absolute atomic E-state index is 0.182. The first-order chi connectivity index (χ1) is 15.2. The molecule has 0 bridgehead atoms. The van der Waals surface area contributed by atoms with Crippen molar-refractivity contribution >= 4 is 34.7 Å². The van der Waals surface area contributed by atoms with Crippen LogP contribution >= 0.6 is 11.6 Å². The molecule has 9 heteroatoms. The summed E-state index contributed by atoms with van der Waals surface area (Å²) in [6.45, 7) is 8.59. The fraction of sp³-hybridized carbons (Fsp3) is 0.522. The second-order valence-electron chi connectivity index (χ2n) is 9.30. The molecule has 8 nitrogen and oxygen atoms in total. The molecule has 4 rings (SSSR count). The van der Waals surface area contributed by atoms with Gasteiger partial charge in [-0.2, -0.15) is 10.1 Å². The normalized spacial score (nSPS) is 19.1. The number of anilines is 4. The van der Waals surface area contributed by atoms with Crippen LogP contribution in [-0.4, -0.2) is 31.8 Å². The molecule has 0 aromatic heterocycles. The topological polar surface area (TPSA) is 120 Å². The number of nitrogen functional groups attached to an aromatic ring is 1. The molecule has 0 atom stereocenters. The molecule has 1 saturated carbocycles. The quantitative estimate of drug-likeness (QED) is 0.379. The zero-order valence-corrected chi connectivity index (χ0v) is 19.9. The highest BCUT2D eigenvalue weighted by molar-refractivity contribution is 6.33. The second-order valence-corrected chi connectivity index (χ2v) is 9.71. The van der Waals surface area contributed by atoms with Crippen molar-refractivity contribution < 1.29 is 0 Å². The number of rotatable bonds is 6. The summed E-state index contributed by atoms with van der Waals surface area (Å²) < 4.78 is 2.22. The van der Waals surface area contributed by atoms with Gasteiger partial charge in [-0.15, -0.1) is 5.10 Å². The number of hydrogen-bond donors (Lipinski definition) is 4. The van der Waals surface area contributed by atoms with Crippen LogP contribution in [0.4, 0.5) is 23.1 Å². The van der Waals surface area contributed by atoms with Crippen LogP contribution in [0.5, 0.6) is 0 Å². The summed E-state index contributed by atoms with van der Waals surface area (Å²) in [6.07, 6.45) is 4.11. The zero-order valence-electron chi connectivity index (χ0n) is 19.2. The fourth-order valence-electron chi connectivity index (χ4n) is 4.32. The smallest absolute Gasteiger partial charge is 0.205 e. The van der Waals surface area contributed by atoms with Crippen molar-refractivity contribution in [3.05, 3.63) is 28.9 Å². The van der Waals surface area contributed by atoms with E-state index in [4.69, 9.17) is 28.1 Å². The third-order valence-electron chi connectivity index (χ3n) is 6.06. The summed E-state index contributed by atoms with van der Waals surface area (Å²) in [5.41, 5.74) is 16.1. The van der Waals surface area contributed by atoms with Crippen LogP contribution in [0.25, 0.3) is 11.4 Å². The molecule has 2 aliphatic heterocycles. The highest BCUT2D eigenvalue weighted by Crippen LogP contribution is 2.39. The van der Waals surface area contributed by atoms with E-state index < -0.39 is 0 Å². The number of hydrogen-bond acceptors (Lipinski definition) is 7. The van der Waals surface area contributed by atoms with Crippen LogP contribution in [0, 0.1) is 0 Å². The van der Waals surface area contributed by atoms with E-state index in [-0.39, 0.29) is 12.0 Å². The summed E-state index contributed by atoms with van der Waals surface area (Å²) >= 11 is 6.10. The summed E-state index contributed by atoms with van der Waals surface area (Å²) in [4.78, 5) is 4.99. The van der Waals surface area contributed by atoms with E-state index in [1.165, 1.54) is 0 Å². The molecule has 172 valence electrons. The molecule has 1 fully saturated rings. The number of nitrogens with two attached hydrogens (primary N) is 2. The van der Waals surface area contributed by atoms with Crippen molar-refractivity contribution in [1.82, 2.24) is 19.7 Å². The molecule has 0 radical (unpaired) electrons. The first-order valence-electron chi connectivity index (χ1n) is 11.4. The predicted octanol–water partition coefficient (Wildman–Crippen LogP) is 5.14. The Morgan fingerprint density at radius 3 is 2.44 bits per heavy atom. The van der Waals surface area contributed by atoms with Gasteiger partial charge in [0, 0.05) is 23.8 Å². The van der Waals surface area contributed by atoms with Crippen molar-refractivity contribution in [2.24, 2.45) is 5.73 Å². The Hall–Kier alpha value is -2.58. The van der Waals surface area contributed by atoms with Gasteiger partial charge < -0.3 is 26.7 Å². The highest BCUT2D eigenvalue weighted by Gasteiger charge is 2.29. The van der Waals surface area contributed by atoms with Gasteiger partial charge in [0.15, 0.2) is 11.5 Å². The lowest BCUT2D eigenvalue weighted by molar-refractivity contribution is 0.407. The standard InChI is InChI=1S/C23H33ClN8/c1-12(2)19-21-20(31-30-19)22(27-16-9-10-17(24)18(26)11-16)29-23(32(21)13(3)4)28-15-7-5-14(25)6-8-15/h9-15,27H,5-8,25-26H2,1-4H3,(H,28,29). The van der Waals surface area contributed by atoms with Gasteiger partial charge >= 0.3 is 0 Å². The minimum Gasteiger partial charge on any atom is -0.397 e. The Balaban J connectivity index is 1.81. The molecule has 2 heterocycles. The van der Waals surface area contributed by atoms with Crippen molar-refractivity contribution in [3.8, 4) is 11.4 Å². The Bertz CT molecular complexity index is 1050. The SMILES string of the molecule is CC(C)c1nnc2c(Nc3ccc(Cl)c(N)c3)nc(NC3CCC(N)CC3)n(C(C)C)c1-2. The van der Waals surface area contributed by atoms with E-state index in [0.29, 0.717) is 28.6 Å². The maximum absolute atomic E-state index is 6.12. The molecule has 6 N–H and O–H groups in total. The summed E-state index contributed by atoms with van der Waals surface area (Å²) in [6, 6.07) is 6.27. The Morgan fingerprint density at radius 2 is 1.81 bits per heavy atom. The lowest BCUT2D eigenvalue weighted by Gasteiger charge is -2.30. The van der Waals surface area contributed by atoms with E-state index in [9.17, 15) is 0 Å². The number of halogens is 1. The van der Waals surface area contributed by atoms with Crippen molar-refractivity contribution in [3.63, 3.8) is 0 Å². The molecule has 1 aromatic carbocycles. The largest absolute Gasteiger partial charge is 0.397 e. The minimum atomic E-state index is 0.182. The van der Waals surface area contributed by atoms with Crippen molar-refractivity contribution in [2.45, 2.75) is 77.4 Å². The van der Waals surface area contributed by atoms with Gasteiger partial charge in [0.2, 0.25) is 5.95 Å². The molecule has 0 saturated heterocycles. The van der Waals surface area contributed by atoms with Crippen LogP contribution < -0.4 is 22.1 Å². The first-order valence-corrected chi connectivity index (χ1v) is 11.7. The Labute approximate surface area is 194 Å². The number of benzene rings is 1. The van der Waals surface area contributed by atoms with Crippen LogP contribution in [0.2, 0.25) is 5.02 Å². The number of nitrogens with one attached hydrogen (secondary N) is 2. The Kier molecular flexibility index (Phi) is 6.44. The third kappa shape index (κ3) is 4.47. The molecule has 1 aliphatic carbocycles. The zero-order chi connectivity index (χ0) is 23.0. The van der Waals surface area contributed by atoms with Crippen molar-refractivity contribution in [1.29, 1.82) is 0 Å². The van der Waals surface area contributed by atoms with Crippen LogP contribution in [0.15, 0.2) is 18.2 Å². The molecule has 3 aliphatic rings. The lowest BCUT2D eigenvalue weighted by Crippen LogP contribution is -2.34. The lowest BCUT2D eigenvalue weighted by atomic mass is 9.92. The summed E-state index contributed by atoms with van der Waals surface area (Å²) in [5, 5.41) is 16.7. The van der Waals surface area contributed by atoms with Crippen molar-refractivity contribution in [2.75, 3.05) is 16.4 Å². The van der Waals surface area contributed by atoms with Gasteiger partial charge in [0.05, 0.1) is 22.1 Å². The molecule has 1 aromatic rings.